The smallest absolute Gasteiger partial charge is 0.270 e. The van der Waals surface area contributed by atoms with Crippen LogP contribution in [0.15, 0.2) is 6.20 Å². The lowest BCUT2D eigenvalue weighted by atomic mass is 10.1. The molecule has 96 valence electrons. The van der Waals surface area contributed by atoms with Gasteiger partial charge in [-0.2, -0.15) is 0 Å². The quantitative estimate of drug-likeness (QED) is 0.721. The standard InChI is InChI=1S/C11H20N4OS/c1-7(17-5)13-9(16)8-6-12-10(14-8)15-11(2,3)4/h6-7H,1-5H3,(H,13,16)(H2,12,14,15). The average Bonchev–Trinajstić information content (AvgIpc) is 2.63. The topological polar surface area (TPSA) is 69.8 Å². The molecule has 1 heterocycles. The first-order chi connectivity index (χ1) is 7.81. The molecule has 6 heteroatoms. The highest BCUT2D eigenvalue weighted by molar-refractivity contribution is 7.99. The van der Waals surface area contributed by atoms with Crippen molar-refractivity contribution >= 4 is 23.6 Å². The lowest BCUT2D eigenvalue weighted by Gasteiger charge is -2.19. The van der Waals surface area contributed by atoms with E-state index in [1.165, 1.54) is 6.20 Å². The summed E-state index contributed by atoms with van der Waals surface area (Å²) in [5.74, 6) is 0.473. The van der Waals surface area contributed by atoms with Crippen LogP contribution in [0.5, 0.6) is 0 Å². The highest BCUT2D eigenvalue weighted by atomic mass is 32.2. The first-order valence-electron chi connectivity index (χ1n) is 5.48. The molecule has 0 bridgehead atoms. The Hall–Kier alpha value is -1.17. The summed E-state index contributed by atoms with van der Waals surface area (Å²) in [5, 5.41) is 6.11. The minimum absolute atomic E-state index is 0.0852. The van der Waals surface area contributed by atoms with Gasteiger partial charge in [-0.1, -0.05) is 0 Å². The van der Waals surface area contributed by atoms with Crippen LogP contribution in [-0.2, 0) is 0 Å². The minimum atomic E-state index is -0.138. The second-order valence-corrected chi connectivity index (χ2v) is 6.05. The van der Waals surface area contributed by atoms with Crippen molar-refractivity contribution in [2.24, 2.45) is 0 Å². The molecule has 0 aliphatic carbocycles. The number of H-pyrrole nitrogens is 1. The Bertz CT molecular complexity index is 383. The SMILES string of the molecule is CSC(C)NC(=O)c1cnc(NC(C)(C)C)[nH]1. The number of aromatic nitrogens is 2. The molecule has 0 spiro atoms. The zero-order chi connectivity index (χ0) is 13.1. The van der Waals surface area contributed by atoms with Crippen LogP contribution < -0.4 is 10.6 Å². The van der Waals surface area contributed by atoms with Crippen LogP contribution in [-0.4, -0.2) is 33.0 Å². The summed E-state index contributed by atoms with van der Waals surface area (Å²) >= 11 is 1.58. The van der Waals surface area contributed by atoms with Crippen LogP contribution in [0.1, 0.15) is 38.2 Å². The molecule has 0 aliphatic heterocycles. The monoisotopic (exact) mass is 256 g/mol. The van der Waals surface area contributed by atoms with E-state index in [2.05, 4.69) is 20.6 Å². The average molecular weight is 256 g/mol. The van der Waals surface area contributed by atoms with E-state index in [4.69, 9.17) is 0 Å². The van der Waals surface area contributed by atoms with Crippen molar-refractivity contribution in [2.75, 3.05) is 11.6 Å². The number of imidazole rings is 1. The molecule has 5 nitrogen and oxygen atoms in total. The zero-order valence-electron chi connectivity index (χ0n) is 10.9. The van der Waals surface area contributed by atoms with E-state index in [0.717, 1.165) is 0 Å². The van der Waals surface area contributed by atoms with Gasteiger partial charge in [-0.3, -0.25) is 4.79 Å². The van der Waals surface area contributed by atoms with Gasteiger partial charge in [-0.15, -0.1) is 11.8 Å². The maximum Gasteiger partial charge on any atom is 0.270 e. The third kappa shape index (κ3) is 4.68. The summed E-state index contributed by atoms with van der Waals surface area (Å²) in [6.45, 7) is 8.04. The van der Waals surface area contributed by atoms with Crippen molar-refractivity contribution < 1.29 is 4.79 Å². The Kier molecular flexibility index (Phi) is 4.45. The minimum Gasteiger partial charge on any atom is -0.351 e. The molecule has 0 aromatic carbocycles. The normalized spacial score (nSPS) is 13.2. The first kappa shape index (κ1) is 13.9. The van der Waals surface area contributed by atoms with Crippen LogP contribution in [0.2, 0.25) is 0 Å². The van der Waals surface area contributed by atoms with Gasteiger partial charge in [0.1, 0.15) is 5.69 Å². The number of amides is 1. The van der Waals surface area contributed by atoms with Crippen LogP contribution in [0, 0.1) is 0 Å². The van der Waals surface area contributed by atoms with Crippen LogP contribution in [0.4, 0.5) is 5.95 Å². The van der Waals surface area contributed by atoms with Crippen molar-refractivity contribution in [1.82, 2.24) is 15.3 Å². The number of anilines is 1. The lowest BCUT2D eigenvalue weighted by molar-refractivity contribution is 0.0947. The Morgan fingerprint density at radius 1 is 1.53 bits per heavy atom. The summed E-state index contributed by atoms with van der Waals surface area (Å²) in [7, 11) is 0. The molecular formula is C11H20N4OS. The van der Waals surface area contributed by atoms with Gasteiger partial charge in [0.15, 0.2) is 0 Å². The van der Waals surface area contributed by atoms with Crippen molar-refractivity contribution in [3.05, 3.63) is 11.9 Å². The molecule has 1 aromatic heterocycles. The second-order valence-electron chi connectivity index (χ2n) is 4.87. The number of hydrogen-bond donors (Lipinski definition) is 3. The third-order valence-corrected chi connectivity index (χ3v) is 2.83. The molecule has 3 N–H and O–H groups in total. The number of hydrogen-bond acceptors (Lipinski definition) is 4. The molecule has 0 radical (unpaired) electrons. The van der Waals surface area contributed by atoms with Gasteiger partial charge in [0.25, 0.3) is 5.91 Å². The first-order valence-corrected chi connectivity index (χ1v) is 6.77. The molecular weight excluding hydrogens is 236 g/mol. The number of thioether (sulfide) groups is 1. The van der Waals surface area contributed by atoms with Gasteiger partial charge >= 0.3 is 0 Å². The Morgan fingerprint density at radius 3 is 2.71 bits per heavy atom. The molecule has 0 saturated carbocycles. The van der Waals surface area contributed by atoms with Crippen LogP contribution in [0.3, 0.4) is 0 Å². The summed E-state index contributed by atoms with van der Waals surface area (Å²) in [6, 6.07) is 0. The summed E-state index contributed by atoms with van der Waals surface area (Å²) in [4.78, 5) is 18.8. The lowest BCUT2D eigenvalue weighted by Crippen LogP contribution is -2.30. The number of carbonyl (C=O) groups excluding carboxylic acids is 1. The van der Waals surface area contributed by atoms with Crippen LogP contribution >= 0.6 is 11.8 Å². The number of nitrogens with zero attached hydrogens (tertiary/aromatic N) is 1. The van der Waals surface area contributed by atoms with E-state index in [1.807, 2.05) is 34.0 Å². The van der Waals surface area contributed by atoms with Gasteiger partial charge in [0.05, 0.1) is 11.6 Å². The fourth-order valence-electron chi connectivity index (χ4n) is 1.18. The number of rotatable bonds is 4. The predicted molar refractivity (Wildman–Crippen MR) is 72.4 cm³/mol. The molecule has 17 heavy (non-hydrogen) atoms. The second kappa shape index (κ2) is 5.44. The fourth-order valence-corrected chi connectivity index (χ4v) is 1.40. The van der Waals surface area contributed by atoms with Crippen molar-refractivity contribution in [1.29, 1.82) is 0 Å². The number of carbonyl (C=O) groups is 1. The maximum atomic E-state index is 11.8. The molecule has 0 aliphatic rings. The molecule has 1 unspecified atom stereocenters. The van der Waals surface area contributed by atoms with Gasteiger partial charge < -0.3 is 15.6 Å². The predicted octanol–water partition coefficient (Wildman–Crippen LogP) is 2.06. The summed E-state index contributed by atoms with van der Waals surface area (Å²) in [6.07, 6.45) is 3.49. The van der Waals surface area contributed by atoms with E-state index >= 15 is 0 Å². The molecule has 1 amide bonds. The van der Waals surface area contributed by atoms with E-state index in [0.29, 0.717) is 11.6 Å². The summed E-state index contributed by atoms with van der Waals surface area (Å²) in [5.41, 5.74) is 0.385. The zero-order valence-corrected chi connectivity index (χ0v) is 11.7. The Morgan fingerprint density at radius 2 is 2.18 bits per heavy atom. The highest BCUT2D eigenvalue weighted by Crippen LogP contribution is 2.11. The van der Waals surface area contributed by atoms with Crippen molar-refractivity contribution in [3.8, 4) is 0 Å². The molecule has 1 atom stereocenters. The molecule has 0 saturated heterocycles. The Balaban J connectivity index is 2.65. The van der Waals surface area contributed by atoms with Gasteiger partial charge in [0, 0.05) is 5.54 Å². The van der Waals surface area contributed by atoms with E-state index < -0.39 is 0 Å². The van der Waals surface area contributed by atoms with Crippen molar-refractivity contribution in [2.45, 2.75) is 38.6 Å². The van der Waals surface area contributed by atoms with Gasteiger partial charge in [-0.05, 0) is 34.0 Å². The van der Waals surface area contributed by atoms with Gasteiger partial charge in [0.2, 0.25) is 5.95 Å². The molecule has 1 rings (SSSR count). The fraction of sp³-hybridized carbons (Fsp3) is 0.636. The highest BCUT2D eigenvalue weighted by Gasteiger charge is 2.15. The number of aromatic amines is 1. The maximum absolute atomic E-state index is 11.8. The van der Waals surface area contributed by atoms with E-state index in [1.54, 1.807) is 11.8 Å². The third-order valence-electron chi connectivity index (χ3n) is 2.00. The largest absolute Gasteiger partial charge is 0.351 e. The van der Waals surface area contributed by atoms with Crippen LogP contribution in [0.25, 0.3) is 0 Å². The van der Waals surface area contributed by atoms with E-state index in [9.17, 15) is 4.79 Å². The summed E-state index contributed by atoms with van der Waals surface area (Å²) < 4.78 is 0. The Labute approximate surface area is 106 Å². The van der Waals surface area contributed by atoms with Crippen molar-refractivity contribution in [3.63, 3.8) is 0 Å². The number of nitrogens with one attached hydrogen (secondary N) is 3. The molecule has 1 aromatic rings. The molecule has 0 fully saturated rings. The van der Waals surface area contributed by atoms with E-state index in [-0.39, 0.29) is 16.8 Å². The van der Waals surface area contributed by atoms with Gasteiger partial charge in [-0.25, -0.2) is 4.98 Å².